The van der Waals surface area contributed by atoms with Crippen LogP contribution in [0.4, 0.5) is 0 Å². The van der Waals surface area contributed by atoms with Crippen LogP contribution in [0.15, 0.2) is 0 Å². The van der Waals surface area contributed by atoms with Gasteiger partial charge in [-0.25, -0.2) is 4.79 Å². The fraction of sp³-hybridized carbons (Fsp3) is 0.950. The van der Waals surface area contributed by atoms with Crippen LogP contribution in [-0.4, -0.2) is 30.0 Å². The van der Waals surface area contributed by atoms with Crippen molar-refractivity contribution >= 4 is 5.97 Å². The molecule has 0 aromatic heterocycles. The normalized spacial score (nSPS) is 37.8. The number of hydrogen-bond acceptors (Lipinski definition) is 3. The second-order valence-corrected chi connectivity index (χ2v) is 8.40. The quantitative estimate of drug-likeness (QED) is 0.763. The van der Waals surface area contributed by atoms with E-state index in [1.807, 2.05) is 0 Å². The predicted molar refractivity (Wildman–Crippen MR) is 94.7 cm³/mol. The first-order valence-corrected chi connectivity index (χ1v) is 10.3. The molecule has 24 heavy (non-hydrogen) atoms. The maximum absolute atomic E-state index is 10.9. The maximum atomic E-state index is 10.9. The minimum absolute atomic E-state index is 0.0583. The summed E-state index contributed by atoms with van der Waals surface area (Å²) in [5.74, 6) is 2.39. The summed E-state index contributed by atoms with van der Waals surface area (Å²) in [5, 5.41) is 12.6. The van der Waals surface area contributed by atoms with Gasteiger partial charge in [0.2, 0.25) is 0 Å². The molecular formula is C20H35NO3. The molecule has 0 spiro atoms. The van der Waals surface area contributed by atoms with Gasteiger partial charge in [0.15, 0.2) is 0 Å². The summed E-state index contributed by atoms with van der Waals surface area (Å²) in [6.07, 6.45) is 14.5. The van der Waals surface area contributed by atoms with Gasteiger partial charge in [-0.15, -0.1) is 0 Å². The number of carboxylic acid groups (broad SMARTS) is 1. The van der Waals surface area contributed by atoms with Gasteiger partial charge in [0.05, 0.1) is 0 Å². The van der Waals surface area contributed by atoms with E-state index < -0.39 is 5.97 Å². The Labute approximate surface area is 146 Å². The van der Waals surface area contributed by atoms with Crippen LogP contribution in [0.25, 0.3) is 0 Å². The number of ether oxygens (including phenoxy) is 1. The highest BCUT2D eigenvalue weighted by Crippen LogP contribution is 2.46. The van der Waals surface area contributed by atoms with Crippen molar-refractivity contribution in [2.75, 3.05) is 6.61 Å². The zero-order chi connectivity index (χ0) is 16.9. The molecule has 0 radical (unpaired) electrons. The fourth-order valence-electron chi connectivity index (χ4n) is 5.77. The Morgan fingerprint density at radius 3 is 2.58 bits per heavy atom. The molecule has 0 aromatic rings. The van der Waals surface area contributed by atoms with E-state index >= 15 is 0 Å². The fourth-order valence-corrected chi connectivity index (χ4v) is 5.77. The lowest BCUT2D eigenvalue weighted by atomic mass is 9.62. The third-order valence-electron chi connectivity index (χ3n) is 6.80. The van der Waals surface area contributed by atoms with Crippen LogP contribution in [0, 0.1) is 23.7 Å². The van der Waals surface area contributed by atoms with Crippen LogP contribution in [0.2, 0.25) is 0 Å². The summed E-state index contributed by atoms with van der Waals surface area (Å²) in [7, 11) is 0. The molecule has 1 aliphatic heterocycles. The lowest BCUT2D eigenvalue weighted by Gasteiger charge is -2.50. The molecule has 0 amide bonds. The number of carbonyl (C=O) groups is 1. The van der Waals surface area contributed by atoms with Crippen LogP contribution in [-0.2, 0) is 9.53 Å². The van der Waals surface area contributed by atoms with Crippen LogP contribution in [0.5, 0.6) is 0 Å². The number of aliphatic carboxylic acids is 1. The second kappa shape index (κ2) is 8.66. The Kier molecular flexibility index (Phi) is 6.56. The van der Waals surface area contributed by atoms with Crippen LogP contribution in [0.1, 0.15) is 77.6 Å². The van der Waals surface area contributed by atoms with Gasteiger partial charge >= 0.3 is 5.97 Å². The molecule has 2 N–H and O–H groups in total. The molecule has 2 saturated carbocycles. The van der Waals surface area contributed by atoms with E-state index in [2.05, 4.69) is 12.2 Å². The number of carboxylic acids is 1. The Morgan fingerprint density at radius 1 is 1.08 bits per heavy atom. The van der Waals surface area contributed by atoms with Crippen molar-refractivity contribution in [2.24, 2.45) is 23.7 Å². The van der Waals surface area contributed by atoms with Crippen molar-refractivity contribution < 1.29 is 14.6 Å². The summed E-state index contributed by atoms with van der Waals surface area (Å²) in [6, 6.07) is 0.539. The van der Waals surface area contributed by atoms with Gasteiger partial charge in [-0.05, 0) is 49.4 Å². The minimum Gasteiger partial charge on any atom is -0.480 e. The first-order valence-electron chi connectivity index (χ1n) is 10.3. The Balaban J connectivity index is 1.68. The number of rotatable bonds is 6. The third kappa shape index (κ3) is 4.51. The van der Waals surface area contributed by atoms with Crippen molar-refractivity contribution in [2.45, 2.75) is 89.8 Å². The number of nitrogens with one attached hydrogen (secondary N) is 1. The molecule has 2 aliphatic carbocycles. The molecule has 0 bridgehead atoms. The number of fused-ring (bicyclic) bond motifs is 1. The van der Waals surface area contributed by atoms with Gasteiger partial charge in [-0.1, -0.05) is 51.9 Å². The van der Waals surface area contributed by atoms with Crippen LogP contribution < -0.4 is 5.32 Å². The highest BCUT2D eigenvalue weighted by atomic mass is 16.5. The molecule has 1 heterocycles. The van der Waals surface area contributed by atoms with E-state index in [9.17, 15) is 4.79 Å². The lowest BCUT2D eigenvalue weighted by molar-refractivity contribution is -0.148. The molecule has 5 atom stereocenters. The zero-order valence-electron chi connectivity index (χ0n) is 15.2. The largest absolute Gasteiger partial charge is 0.480 e. The highest BCUT2D eigenvalue weighted by Gasteiger charge is 2.44. The Bertz CT molecular complexity index is 408. The summed E-state index contributed by atoms with van der Waals surface area (Å²) in [4.78, 5) is 10.9. The van der Waals surface area contributed by atoms with E-state index in [1.54, 1.807) is 0 Å². The summed E-state index contributed by atoms with van der Waals surface area (Å²) < 4.78 is 5.68. The van der Waals surface area contributed by atoms with Crippen molar-refractivity contribution in [3.63, 3.8) is 0 Å². The summed E-state index contributed by atoms with van der Waals surface area (Å²) >= 11 is 0. The number of hydrogen-bond donors (Lipinski definition) is 2. The van der Waals surface area contributed by atoms with Gasteiger partial charge in [0.25, 0.3) is 0 Å². The molecule has 138 valence electrons. The molecule has 0 aromatic carbocycles. The average molecular weight is 338 g/mol. The monoisotopic (exact) mass is 337 g/mol. The standard InChI is InChI=1S/C20H35NO3/c1-2-6-14-9-10-18-17(11-14)16(15-7-4-3-5-8-15)12-19(21-18)24-13-20(22)23/h14-19,21H,2-13H2,1H3,(H,22,23). The van der Waals surface area contributed by atoms with E-state index in [1.165, 1.54) is 64.2 Å². The summed E-state index contributed by atoms with van der Waals surface area (Å²) in [5.41, 5.74) is 0. The molecular weight excluding hydrogens is 302 g/mol. The average Bonchev–Trinajstić information content (AvgIpc) is 2.60. The van der Waals surface area contributed by atoms with Crippen molar-refractivity contribution in [1.29, 1.82) is 0 Å². The van der Waals surface area contributed by atoms with Crippen LogP contribution in [0.3, 0.4) is 0 Å². The topological polar surface area (TPSA) is 58.6 Å². The van der Waals surface area contributed by atoms with Gasteiger partial charge < -0.3 is 9.84 Å². The van der Waals surface area contributed by atoms with Gasteiger partial charge in [0.1, 0.15) is 12.8 Å². The number of piperidine rings is 1. The lowest BCUT2D eigenvalue weighted by Crippen LogP contribution is -2.56. The zero-order valence-corrected chi connectivity index (χ0v) is 15.2. The van der Waals surface area contributed by atoms with E-state index in [0.29, 0.717) is 6.04 Å². The molecule has 3 rings (SSSR count). The molecule has 3 aliphatic rings. The highest BCUT2D eigenvalue weighted by molar-refractivity contribution is 5.68. The van der Waals surface area contributed by atoms with Crippen molar-refractivity contribution in [1.82, 2.24) is 5.32 Å². The van der Waals surface area contributed by atoms with E-state index in [-0.39, 0.29) is 12.8 Å². The minimum atomic E-state index is -0.861. The Morgan fingerprint density at radius 2 is 1.88 bits per heavy atom. The van der Waals surface area contributed by atoms with E-state index in [0.717, 1.165) is 30.1 Å². The SMILES string of the molecule is CCCC1CCC2NC(OCC(=O)O)CC(C3CCCCC3)C2C1. The van der Waals surface area contributed by atoms with Gasteiger partial charge in [0, 0.05) is 6.04 Å². The first kappa shape index (κ1) is 18.2. The smallest absolute Gasteiger partial charge is 0.329 e. The van der Waals surface area contributed by atoms with Gasteiger partial charge in [-0.2, -0.15) is 0 Å². The second-order valence-electron chi connectivity index (χ2n) is 8.40. The Hall–Kier alpha value is -0.610. The molecule has 5 unspecified atom stereocenters. The summed E-state index contributed by atoms with van der Waals surface area (Å²) in [6.45, 7) is 2.13. The van der Waals surface area contributed by atoms with E-state index in [4.69, 9.17) is 9.84 Å². The maximum Gasteiger partial charge on any atom is 0.329 e. The molecule has 4 nitrogen and oxygen atoms in total. The molecule has 3 fully saturated rings. The van der Waals surface area contributed by atoms with Gasteiger partial charge in [-0.3, -0.25) is 5.32 Å². The third-order valence-corrected chi connectivity index (χ3v) is 6.80. The molecule has 4 heteroatoms. The van der Waals surface area contributed by atoms with Crippen LogP contribution >= 0.6 is 0 Å². The predicted octanol–water partition coefficient (Wildman–Crippen LogP) is 4.19. The van der Waals surface area contributed by atoms with Crippen molar-refractivity contribution in [3.8, 4) is 0 Å². The molecule has 1 saturated heterocycles. The first-order chi connectivity index (χ1) is 11.7. The van der Waals surface area contributed by atoms with Crippen molar-refractivity contribution in [3.05, 3.63) is 0 Å².